The van der Waals surface area contributed by atoms with Gasteiger partial charge in [0.25, 0.3) is 10.0 Å². The van der Waals surface area contributed by atoms with Gasteiger partial charge in [-0.1, -0.05) is 48.6 Å². The Bertz CT molecular complexity index is 1150. The molecule has 144 valence electrons. The fourth-order valence-electron chi connectivity index (χ4n) is 2.79. The van der Waals surface area contributed by atoms with E-state index in [0.29, 0.717) is 17.5 Å². The lowest BCUT2D eigenvalue weighted by Gasteiger charge is -2.21. The third-order valence-corrected chi connectivity index (χ3v) is 7.08. The normalized spacial score (nSPS) is 11.8. The van der Waals surface area contributed by atoms with E-state index in [2.05, 4.69) is 20.5 Å². The molecule has 0 saturated carbocycles. The largest absolute Gasteiger partial charge is 0.266 e. The summed E-state index contributed by atoms with van der Waals surface area (Å²) in [7, 11) is -3.84. The van der Waals surface area contributed by atoms with E-state index in [1.54, 1.807) is 35.0 Å². The lowest BCUT2D eigenvalue weighted by molar-refractivity contribution is 0.551. The predicted molar refractivity (Wildman–Crippen MR) is 108 cm³/mol. The number of aromatic nitrogens is 5. The first kappa shape index (κ1) is 18.5. The number of hydrogen-bond acceptors (Lipinski definition) is 7. The van der Waals surface area contributed by atoms with Gasteiger partial charge in [0.15, 0.2) is 5.82 Å². The Morgan fingerprint density at radius 3 is 2.57 bits per heavy atom. The molecule has 8 nitrogen and oxygen atoms in total. The Labute approximate surface area is 166 Å². The average molecular weight is 415 g/mol. The maximum atomic E-state index is 13.4. The van der Waals surface area contributed by atoms with E-state index in [-0.39, 0.29) is 11.4 Å². The minimum atomic E-state index is -3.84. The summed E-state index contributed by atoms with van der Waals surface area (Å²) in [5.41, 5.74) is 0.754. The topological polar surface area (TPSA) is 93.9 Å². The van der Waals surface area contributed by atoms with Gasteiger partial charge in [-0.2, -0.15) is 0 Å². The molecule has 4 aromatic rings. The van der Waals surface area contributed by atoms with E-state index in [9.17, 15) is 8.42 Å². The molecule has 0 spiro atoms. The predicted octanol–water partition coefficient (Wildman–Crippen LogP) is 3.09. The number of anilines is 1. The van der Waals surface area contributed by atoms with Gasteiger partial charge in [-0.05, 0) is 41.1 Å². The lowest BCUT2D eigenvalue weighted by atomic mass is 10.3. The van der Waals surface area contributed by atoms with Gasteiger partial charge in [0.1, 0.15) is 0 Å². The third-order valence-electron chi connectivity index (χ3n) is 4.15. The zero-order valence-electron chi connectivity index (χ0n) is 15.1. The van der Waals surface area contributed by atoms with Crippen LogP contribution in [0.2, 0.25) is 0 Å². The summed E-state index contributed by atoms with van der Waals surface area (Å²) in [4.78, 5) is 4.75. The summed E-state index contributed by atoms with van der Waals surface area (Å²) in [5.74, 6) is 0.473. The molecule has 0 saturated heterocycles. The first-order chi connectivity index (χ1) is 13.6. The van der Waals surface area contributed by atoms with Crippen molar-refractivity contribution >= 4 is 36.7 Å². The van der Waals surface area contributed by atoms with Gasteiger partial charge in [0, 0.05) is 6.54 Å². The molecule has 28 heavy (non-hydrogen) atoms. The second-order valence-electron chi connectivity index (χ2n) is 6.11. The molecule has 0 aliphatic carbocycles. The number of para-hydroxylation sites is 1. The van der Waals surface area contributed by atoms with Crippen molar-refractivity contribution in [1.29, 1.82) is 0 Å². The molecule has 0 unspecified atom stereocenters. The van der Waals surface area contributed by atoms with Crippen LogP contribution in [0.25, 0.3) is 10.2 Å². The molecule has 0 bridgehead atoms. The summed E-state index contributed by atoms with van der Waals surface area (Å²) >= 11 is 1.33. The Morgan fingerprint density at radius 1 is 1.07 bits per heavy atom. The smallest absolute Gasteiger partial charge is 0.233 e. The molecule has 4 rings (SSSR count). The highest BCUT2D eigenvalue weighted by molar-refractivity contribution is 7.93. The standard InChI is InChI=1S/C18H18N6O2S2/c1-2-12-23-17(20-21-22-23)13-24(28(25,26)14-8-4-3-5-9-14)18-19-15-10-6-7-11-16(15)27-18/h3-11H,2,12-13H2,1H3. The van der Waals surface area contributed by atoms with Crippen LogP contribution in [0.3, 0.4) is 0 Å². The van der Waals surface area contributed by atoms with Gasteiger partial charge in [-0.15, -0.1) is 5.10 Å². The van der Waals surface area contributed by atoms with Crippen molar-refractivity contribution in [3.63, 3.8) is 0 Å². The Morgan fingerprint density at radius 2 is 1.82 bits per heavy atom. The molecule has 0 N–H and O–H groups in total. The second kappa shape index (κ2) is 7.64. The highest BCUT2D eigenvalue weighted by Gasteiger charge is 2.29. The quantitative estimate of drug-likeness (QED) is 0.461. The van der Waals surface area contributed by atoms with Crippen molar-refractivity contribution in [3.05, 3.63) is 60.4 Å². The number of thiazole rings is 1. The van der Waals surface area contributed by atoms with E-state index < -0.39 is 10.0 Å². The average Bonchev–Trinajstić information content (AvgIpc) is 3.33. The van der Waals surface area contributed by atoms with Gasteiger partial charge in [-0.3, -0.25) is 0 Å². The number of fused-ring (bicyclic) bond motifs is 1. The third kappa shape index (κ3) is 3.48. The first-order valence-electron chi connectivity index (χ1n) is 8.78. The van der Waals surface area contributed by atoms with Crippen molar-refractivity contribution in [2.45, 2.75) is 31.3 Å². The maximum absolute atomic E-state index is 13.4. The van der Waals surface area contributed by atoms with Crippen LogP contribution >= 0.6 is 11.3 Å². The monoisotopic (exact) mass is 414 g/mol. The van der Waals surface area contributed by atoms with Gasteiger partial charge in [0.05, 0.1) is 21.7 Å². The van der Waals surface area contributed by atoms with E-state index in [4.69, 9.17) is 0 Å². The minimum absolute atomic E-state index is 0.00402. The number of tetrazole rings is 1. The molecule has 0 amide bonds. The van der Waals surface area contributed by atoms with Gasteiger partial charge >= 0.3 is 0 Å². The number of rotatable bonds is 7. The molecule has 0 radical (unpaired) electrons. The van der Waals surface area contributed by atoms with Crippen LogP contribution in [0, 0.1) is 0 Å². The number of aryl methyl sites for hydroxylation is 1. The van der Waals surface area contributed by atoms with E-state index >= 15 is 0 Å². The number of sulfonamides is 1. The fraction of sp³-hybridized carbons (Fsp3) is 0.222. The van der Waals surface area contributed by atoms with Crippen molar-refractivity contribution in [1.82, 2.24) is 25.2 Å². The number of hydrogen-bond donors (Lipinski definition) is 0. The van der Waals surface area contributed by atoms with Crippen LogP contribution in [0.15, 0.2) is 59.5 Å². The number of benzene rings is 2. The van der Waals surface area contributed by atoms with Gasteiger partial charge in [0.2, 0.25) is 5.13 Å². The Balaban J connectivity index is 1.82. The van der Waals surface area contributed by atoms with Gasteiger partial charge < -0.3 is 0 Å². The summed E-state index contributed by atoms with van der Waals surface area (Å²) in [6, 6.07) is 15.9. The molecule has 0 fully saturated rings. The molecule has 0 aliphatic rings. The molecular formula is C18H18N6O2S2. The summed E-state index contributed by atoms with van der Waals surface area (Å²) in [5, 5.41) is 12.1. The zero-order valence-corrected chi connectivity index (χ0v) is 16.8. The number of nitrogens with zero attached hydrogens (tertiary/aromatic N) is 6. The Hall–Kier alpha value is -2.85. The molecule has 2 heterocycles. The fourth-order valence-corrected chi connectivity index (χ4v) is 5.36. The van der Waals surface area contributed by atoms with Crippen LogP contribution in [0.4, 0.5) is 5.13 Å². The SMILES string of the molecule is CCCn1nnnc1CN(c1nc2ccccc2s1)S(=O)(=O)c1ccccc1. The van der Waals surface area contributed by atoms with Gasteiger partial charge in [-0.25, -0.2) is 22.4 Å². The molecule has 0 atom stereocenters. The second-order valence-corrected chi connectivity index (χ2v) is 8.98. The van der Waals surface area contributed by atoms with Crippen LogP contribution in [-0.2, 0) is 23.1 Å². The molecular weight excluding hydrogens is 396 g/mol. The van der Waals surface area contributed by atoms with Crippen LogP contribution in [-0.4, -0.2) is 33.6 Å². The van der Waals surface area contributed by atoms with Crippen molar-refractivity contribution in [2.24, 2.45) is 0 Å². The highest BCUT2D eigenvalue weighted by Crippen LogP contribution is 2.33. The van der Waals surface area contributed by atoms with Crippen LogP contribution < -0.4 is 4.31 Å². The minimum Gasteiger partial charge on any atom is -0.233 e. The summed E-state index contributed by atoms with van der Waals surface area (Å²) < 4.78 is 30.7. The van der Waals surface area contributed by atoms with E-state index in [1.807, 2.05) is 31.2 Å². The Kier molecular flexibility index (Phi) is 5.05. The van der Waals surface area contributed by atoms with Crippen molar-refractivity contribution in [3.8, 4) is 0 Å². The first-order valence-corrected chi connectivity index (χ1v) is 11.0. The molecule has 0 aliphatic heterocycles. The van der Waals surface area contributed by atoms with Crippen LogP contribution in [0.5, 0.6) is 0 Å². The summed E-state index contributed by atoms with van der Waals surface area (Å²) in [6.07, 6.45) is 0.838. The maximum Gasteiger partial charge on any atom is 0.266 e. The van der Waals surface area contributed by atoms with E-state index in [1.165, 1.54) is 15.6 Å². The van der Waals surface area contributed by atoms with E-state index in [0.717, 1.165) is 16.6 Å². The van der Waals surface area contributed by atoms with Crippen molar-refractivity contribution in [2.75, 3.05) is 4.31 Å². The summed E-state index contributed by atoms with van der Waals surface area (Å²) in [6.45, 7) is 2.63. The molecule has 10 heteroatoms. The lowest BCUT2D eigenvalue weighted by Crippen LogP contribution is -2.32. The molecule has 2 aromatic heterocycles. The highest BCUT2D eigenvalue weighted by atomic mass is 32.2. The van der Waals surface area contributed by atoms with Crippen molar-refractivity contribution < 1.29 is 8.42 Å². The van der Waals surface area contributed by atoms with Crippen LogP contribution in [0.1, 0.15) is 19.2 Å². The molecule has 2 aromatic carbocycles. The zero-order chi connectivity index (χ0) is 19.6.